The van der Waals surface area contributed by atoms with Gasteiger partial charge < -0.3 is 24.2 Å². The maximum Gasteiger partial charge on any atom is 0.216 e. The lowest BCUT2D eigenvalue weighted by Crippen LogP contribution is -2.44. The first-order valence-electron chi connectivity index (χ1n) is 16.0. The second-order valence-electron chi connectivity index (χ2n) is 12.3. The van der Waals surface area contributed by atoms with Crippen LogP contribution in [0, 0.1) is 11.8 Å². The molecular formula is C34H47ClN2O6S. The van der Waals surface area contributed by atoms with Gasteiger partial charge in [-0.25, -0.2) is 8.42 Å². The van der Waals surface area contributed by atoms with Gasteiger partial charge in [0.1, 0.15) is 18.6 Å². The molecule has 0 spiro atoms. The summed E-state index contributed by atoms with van der Waals surface area (Å²) in [4.78, 5) is 2.37. The minimum absolute atomic E-state index is 0.0568. The van der Waals surface area contributed by atoms with Crippen LogP contribution in [-0.4, -0.2) is 58.3 Å². The molecule has 1 saturated carbocycles. The number of sulfonamides is 1. The molecule has 0 radical (unpaired) electrons. The van der Waals surface area contributed by atoms with Crippen molar-refractivity contribution in [2.45, 2.75) is 82.5 Å². The second kappa shape index (κ2) is 15.4. The van der Waals surface area contributed by atoms with Crippen molar-refractivity contribution in [3.63, 3.8) is 0 Å². The van der Waals surface area contributed by atoms with Crippen LogP contribution in [0.2, 0.25) is 5.02 Å². The van der Waals surface area contributed by atoms with Crippen molar-refractivity contribution in [2.24, 2.45) is 11.8 Å². The van der Waals surface area contributed by atoms with Crippen LogP contribution in [0.4, 0.5) is 5.69 Å². The van der Waals surface area contributed by atoms with Gasteiger partial charge in [0.25, 0.3) is 0 Å². The molecule has 2 heterocycles. The van der Waals surface area contributed by atoms with E-state index < -0.39 is 21.5 Å². The molecule has 242 valence electrons. The van der Waals surface area contributed by atoms with E-state index in [1.54, 1.807) is 13.2 Å². The van der Waals surface area contributed by atoms with E-state index in [0.29, 0.717) is 62.2 Å². The molecule has 0 amide bonds. The third-order valence-corrected chi connectivity index (χ3v) is 11.7. The molecule has 2 bridgehead atoms. The van der Waals surface area contributed by atoms with Gasteiger partial charge in [-0.1, -0.05) is 42.8 Å². The zero-order valence-corrected chi connectivity index (χ0v) is 27.5. The van der Waals surface area contributed by atoms with Crippen molar-refractivity contribution in [1.82, 2.24) is 4.72 Å². The number of nitrogens with one attached hydrogen (secondary N) is 1. The third kappa shape index (κ3) is 8.17. The highest BCUT2D eigenvalue weighted by molar-refractivity contribution is 7.90. The lowest BCUT2D eigenvalue weighted by Gasteiger charge is -2.44. The molecule has 5 rings (SSSR count). The summed E-state index contributed by atoms with van der Waals surface area (Å²) in [6.45, 7) is 4.93. The molecule has 3 aliphatic rings. The third-order valence-electron chi connectivity index (χ3n) is 9.42. The molecule has 10 heteroatoms. The van der Waals surface area contributed by atoms with Crippen molar-refractivity contribution in [1.29, 1.82) is 0 Å². The first-order valence-corrected chi connectivity index (χ1v) is 18.0. The van der Waals surface area contributed by atoms with E-state index in [9.17, 15) is 13.5 Å². The Kier molecular flexibility index (Phi) is 11.7. The molecular weight excluding hydrogens is 600 g/mol. The van der Waals surface area contributed by atoms with Crippen molar-refractivity contribution in [3.8, 4) is 5.75 Å². The summed E-state index contributed by atoms with van der Waals surface area (Å²) in [6, 6.07) is 11.5. The lowest BCUT2D eigenvalue weighted by atomic mass is 9.70. The molecule has 8 nitrogen and oxygen atoms in total. The number of hydrogen-bond donors (Lipinski definition) is 2. The van der Waals surface area contributed by atoms with Crippen LogP contribution in [0.3, 0.4) is 0 Å². The Bertz CT molecular complexity index is 1390. The first kappa shape index (κ1) is 33.2. The summed E-state index contributed by atoms with van der Waals surface area (Å²) < 4.78 is 47.3. The number of rotatable bonds is 5. The zero-order chi connectivity index (χ0) is 31.1. The van der Waals surface area contributed by atoms with Crippen LogP contribution >= 0.6 is 11.6 Å². The molecule has 0 saturated heterocycles. The predicted molar refractivity (Wildman–Crippen MR) is 175 cm³/mol. The fourth-order valence-electron chi connectivity index (χ4n) is 6.66. The Hall–Kier alpha value is -2.14. The summed E-state index contributed by atoms with van der Waals surface area (Å²) in [5.41, 5.74) is 3.67. The molecule has 2 aromatic carbocycles. The highest BCUT2D eigenvalue weighted by Crippen LogP contribution is 2.42. The number of allylic oxidation sites excluding steroid dienone is 1. The first-order chi connectivity index (χ1) is 21.3. The zero-order valence-electron chi connectivity index (χ0n) is 25.9. The van der Waals surface area contributed by atoms with E-state index >= 15 is 0 Å². The van der Waals surface area contributed by atoms with Gasteiger partial charge in [-0.15, -0.1) is 0 Å². The van der Waals surface area contributed by atoms with Gasteiger partial charge in [-0.2, -0.15) is 4.72 Å². The number of nitrogens with zero attached hydrogens (tertiary/aromatic N) is 1. The lowest BCUT2D eigenvalue weighted by molar-refractivity contribution is -0.0308. The maximum atomic E-state index is 13.4. The number of hydrogen-bond acceptors (Lipinski definition) is 7. The van der Waals surface area contributed by atoms with Crippen LogP contribution in [0.1, 0.15) is 74.8 Å². The van der Waals surface area contributed by atoms with Gasteiger partial charge in [0, 0.05) is 25.2 Å². The number of ether oxygens (including phenoxy) is 3. The molecule has 1 aliphatic carbocycles. The quantitative estimate of drug-likeness (QED) is 0.297. The normalized spacial score (nSPS) is 28.4. The molecule has 1 fully saturated rings. The van der Waals surface area contributed by atoms with Crippen LogP contribution < -0.4 is 14.4 Å². The highest BCUT2D eigenvalue weighted by atomic mass is 35.5. The molecule has 2 aromatic rings. The summed E-state index contributed by atoms with van der Waals surface area (Å²) in [5.74, 6) is 1.48. The van der Waals surface area contributed by atoms with Crippen LogP contribution in [0.5, 0.6) is 5.75 Å². The summed E-state index contributed by atoms with van der Waals surface area (Å²) in [5, 5.41) is 11.3. The molecule has 2 N–H and O–H groups in total. The minimum atomic E-state index is -3.78. The summed E-state index contributed by atoms with van der Waals surface area (Å²) >= 11 is 6.34. The van der Waals surface area contributed by atoms with Crippen LogP contribution in [0.15, 0.2) is 48.6 Å². The average molecular weight is 647 g/mol. The molecule has 0 aromatic heterocycles. The number of anilines is 1. The fraction of sp³-hybridized carbons (Fsp3) is 0.588. The van der Waals surface area contributed by atoms with Gasteiger partial charge in [0.15, 0.2) is 0 Å². The van der Waals surface area contributed by atoms with Crippen molar-refractivity contribution in [3.05, 3.63) is 70.3 Å². The smallest absolute Gasteiger partial charge is 0.216 e. The van der Waals surface area contributed by atoms with E-state index in [1.165, 1.54) is 5.56 Å². The largest absolute Gasteiger partial charge is 0.487 e. The van der Waals surface area contributed by atoms with E-state index in [-0.39, 0.29) is 6.10 Å². The van der Waals surface area contributed by atoms with E-state index in [1.807, 2.05) is 37.3 Å². The van der Waals surface area contributed by atoms with Crippen LogP contribution in [-0.2, 0) is 32.5 Å². The Balaban J connectivity index is 1.52. The van der Waals surface area contributed by atoms with Crippen LogP contribution in [0.25, 0.3) is 0 Å². The molecule has 44 heavy (non-hydrogen) atoms. The number of fused-ring (bicyclic) bond motifs is 3. The Morgan fingerprint density at radius 3 is 2.73 bits per heavy atom. The predicted octanol–water partition coefficient (Wildman–Crippen LogP) is 6.16. The topological polar surface area (TPSA) is 97.3 Å². The van der Waals surface area contributed by atoms with Crippen molar-refractivity contribution in [2.75, 3.05) is 38.3 Å². The summed E-state index contributed by atoms with van der Waals surface area (Å²) in [6.07, 6.45) is 9.39. The van der Waals surface area contributed by atoms with Gasteiger partial charge in [-0.3, -0.25) is 0 Å². The van der Waals surface area contributed by atoms with Gasteiger partial charge in [-0.05, 0) is 104 Å². The van der Waals surface area contributed by atoms with Gasteiger partial charge in [0.05, 0.1) is 30.3 Å². The van der Waals surface area contributed by atoms with Crippen molar-refractivity contribution < 1.29 is 27.7 Å². The number of benzene rings is 2. The Morgan fingerprint density at radius 2 is 1.95 bits per heavy atom. The Labute approximate surface area is 267 Å². The van der Waals surface area contributed by atoms with Gasteiger partial charge >= 0.3 is 0 Å². The maximum absolute atomic E-state index is 13.4. The molecule has 5 atom stereocenters. The number of halogens is 1. The second-order valence-corrected chi connectivity index (χ2v) is 14.7. The van der Waals surface area contributed by atoms with Gasteiger partial charge in [0.2, 0.25) is 10.0 Å². The number of methoxy groups -OCH3 is 1. The molecule has 1 unspecified atom stereocenters. The fourth-order valence-corrected chi connectivity index (χ4v) is 8.38. The molecule has 2 aliphatic heterocycles. The number of aliphatic hydroxyl groups is 1. The number of aliphatic hydroxyl groups excluding tert-OH is 1. The summed E-state index contributed by atoms with van der Waals surface area (Å²) in [7, 11) is -2.10. The van der Waals surface area contributed by atoms with E-state index in [0.717, 1.165) is 61.5 Å². The highest BCUT2D eigenvalue weighted by Gasteiger charge is 2.38. The van der Waals surface area contributed by atoms with E-state index in [2.05, 4.69) is 21.8 Å². The SMILES string of the molecule is CC[C@@H]1CC/C=C/[C@H](OCCOC)[C@@H]2CC[C@H]2CN2CCCCc3cc(Cl)ccc3COc3ccc(cc32)C(O)NS1(=O)=O. The Morgan fingerprint density at radius 1 is 1.09 bits per heavy atom. The van der Waals surface area contributed by atoms with E-state index in [4.69, 9.17) is 25.8 Å². The number of aryl methyl sites for hydroxylation is 1. The average Bonchev–Trinajstić information content (AvgIpc) is 3.01. The van der Waals surface area contributed by atoms with Crippen molar-refractivity contribution >= 4 is 27.3 Å². The monoisotopic (exact) mass is 646 g/mol. The standard InChI is InChI=1S/C34H47ClN2O6S/c1-3-29-9-4-5-10-32(42-19-18-41-2)30-15-12-26(30)22-37-17-7-6-8-24-20-28(35)14-11-27(24)23-43-33-16-13-25(21-31(33)37)34(38)36-44(29,39)40/h5,10-11,13-14,16,20-21,26,29-30,32,34,36,38H,3-4,6-9,12,15,17-19,22-23H2,1-2H3/b10-5+/t26-,29+,30+,32-,34?/m0/s1. The minimum Gasteiger partial charge on any atom is -0.487 e.